The maximum absolute atomic E-state index is 12.3. The lowest BCUT2D eigenvalue weighted by atomic mass is 9.99. The molecule has 0 unspecified atom stereocenters. The third-order valence-electron chi connectivity index (χ3n) is 4.07. The second kappa shape index (κ2) is 7.45. The van der Waals surface area contributed by atoms with E-state index in [1.54, 1.807) is 11.0 Å². The molecule has 0 radical (unpaired) electrons. The van der Waals surface area contributed by atoms with Crippen LogP contribution < -0.4 is 5.32 Å². The molecule has 0 spiro atoms. The van der Waals surface area contributed by atoms with Gasteiger partial charge in [0.1, 0.15) is 0 Å². The molecule has 2 heterocycles. The Bertz CT molecular complexity index is 765. The van der Waals surface area contributed by atoms with Gasteiger partial charge in [0.05, 0.1) is 11.4 Å². The maximum Gasteiger partial charge on any atom is 0.261 e. The molecular weight excluding hydrogens is 320 g/mol. The van der Waals surface area contributed by atoms with Gasteiger partial charge in [-0.15, -0.1) is 11.3 Å². The molecule has 0 atom stereocenters. The van der Waals surface area contributed by atoms with Crippen molar-refractivity contribution in [1.29, 1.82) is 0 Å². The highest BCUT2D eigenvalue weighted by Crippen LogP contribution is 2.22. The summed E-state index contributed by atoms with van der Waals surface area (Å²) < 4.78 is 0. The van der Waals surface area contributed by atoms with E-state index in [9.17, 15) is 9.59 Å². The molecule has 4 nitrogen and oxygen atoms in total. The first-order valence-electron chi connectivity index (χ1n) is 8.00. The van der Waals surface area contributed by atoms with Crippen molar-refractivity contribution in [3.8, 4) is 0 Å². The molecule has 5 heteroatoms. The van der Waals surface area contributed by atoms with Gasteiger partial charge >= 0.3 is 0 Å². The quantitative estimate of drug-likeness (QED) is 0.930. The minimum Gasteiger partial charge on any atom is -0.342 e. The first-order chi connectivity index (χ1) is 11.6. The Balaban J connectivity index is 1.52. The Morgan fingerprint density at radius 2 is 1.96 bits per heavy atom. The lowest BCUT2D eigenvalue weighted by Crippen LogP contribution is -2.41. The molecule has 0 fully saturated rings. The summed E-state index contributed by atoms with van der Waals surface area (Å²) in [5.41, 5.74) is 2.49. The SMILES string of the molecule is Cc1ccc(C(=O)NCC(=O)N2CC=C(c3ccccc3)CC2)s1. The number of carbonyl (C=O) groups excluding carboxylic acids is 2. The molecule has 1 aliphatic heterocycles. The zero-order valence-electron chi connectivity index (χ0n) is 13.6. The van der Waals surface area contributed by atoms with Gasteiger partial charge in [0.15, 0.2) is 0 Å². The predicted octanol–water partition coefficient (Wildman–Crippen LogP) is 3.10. The molecule has 0 saturated heterocycles. The van der Waals surface area contributed by atoms with Crippen LogP contribution in [0.25, 0.3) is 5.57 Å². The van der Waals surface area contributed by atoms with Crippen molar-refractivity contribution in [1.82, 2.24) is 10.2 Å². The Kier molecular flexibility index (Phi) is 5.11. The number of aryl methyl sites for hydroxylation is 1. The molecule has 0 bridgehead atoms. The van der Waals surface area contributed by atoms with Crippen molar-refractivity contribution in [2.24, 2.45) is 0 Å². The number of carbonyl (C=O) groups is 2. The fourth-order valence-corrected chi connectivity index (χ4v) is 3.51. The van der Waals surface area contributed by atoms with Crippen molar-refractivity contribution >= 4 is 28.7 Å². The summed E-state index contributed by atoms with van der Waals surface area (Å²) in [6, 6.07) is 13.9. The van der Waals surface area contributed by atoms with E-state index in [0.717, 1.165) is 11.3 Å². The molecule has 2 aromatic rings. The average molecular weight is 340 g/mol. The van der Waals surface area contributed by atoms with Crippen LogP contribution in [0.1, 0.15) is 26.5 Å². The van der Waals surface area contributed by atoms with E-state index in [0.29, 0.717) is 18.0 Å². The van der Waals surface area contributed by atoms with Crippen molar-refractivity contribution < 1.29 is 9.59 Å². The highest BCUT2D eigenvalue weighted by molar-refractivity contribution is 7.13. The molecule has 0 aliphatic carbocycles. The maximum atomic E-state index is 12.3. The Hall–Kier alpha value is -2.40. The minimum absolute atomic E-state index is 0.0417. The van der Waals surface area contributed by atoms with Gasteiger partial charge < -0.3 is 10.2 Å². The first kappa shape index (κ1) is 16.5. The summed E-state index contributed by atoms with van der Waals surface area (Å²) in [6.45, 7) is 3.28. The van der Waals surface area contributed by atoms with E-state index in [-0.39, 0.29) is 18.4 Å². The number of amides is 2. The zero-order chi connectivity index (χ0) is 16.9. The number of nitrogens with zero attached hydrogens (tertiary/aromatic N) is 1. The summed E-state index contributed by atoms with van der Waals surface area (Å²) >= 11 is 1.43. The van der Waals surface area contributed by atoms with Crippen LogP contribution in [0.3, 0.4) is 0 Å². The molecule has 24 heavy (non-hydrogen) atoms. The van der Waals surface area contributed by atoms with Gasteiger partial charge in [-0.2, -0.15) is 0 Å². The molecule has 1 N–H and O–H groups in total. The molecule has 1 aromatic heterocycles. The molecule has 2 amide bonds. The number of benzene rings is 1. The highest BCUT2D eigenvalue weighted by atomic mass is 32.1. The fraction of sp³-hybridized carbons (Fsp3) is 0.263. The van der Waals surface area contributed by atoms with Crippen LogP contribution in [-0.4, -0.2) is 36.3 Å². The summed E-state index contributed by atoms with van der Waals surface area (Å²) in [6.07, 6.45) is 2.94. The summed E-state index contributed by atoms with van der Waals surface area (Å²) in [5, 5.41) is 2.71. The number of nitrogens with one attached hydrogen (secondary N) is 1. The van der Waals surface area contributed by atoms with Gasteiger partial charge in [-0.1, -0.05) is 36.4 Å². The highest BCUT2D eigenvalue weighted by Gasteiger charge is 2.18. The molecule has 3 rings (SSSR count). The van der Waals surface area contributed by atoms with Crippen LogP contribution in [0.15, 0.2) is 48.5 Å². The van der Waals surface area contributed by atoms with Gasteiger partial charge in [0.2, 0.25) is 5.91 Å². The largest absolute Gasteiger partial charge is 0.342 e. The van der Waals surface area contributed by atoms with Crippen LogP contribution in [0.2, 0.25) is 0 Å². The van der Waals surface area contributed by atoms with E-state index in [1.807, 2.05) is 31.2 Å². The van der Waals surface area contributed by atoms with Crippen molar-refractivity contribution in [3.05, 3.63) is 63.9 Å². The molecule has 1 aromatic carbocycles. The summed E-state index contributed by atoms with van der Waals surface area (Å²) in [7, 11) is 0. The Labute approximate surface area is 145 Å². The normalized spacial score (nSPS) is 14.2. The second-order valence-electron chi connectivity index (χ2n) is 5.78. The zero-order valence-corrected chi connectivity index (χ0v) is 14.4. The van der Waals surface area contributed by atoms with Gasteiger partial charge in [-0.05, 0) is 36.6 Å². The number of rotatable bonds is 4. The average Bonchev–Trinajstić information content (AvgIpc) is 3.07. The summed E-state index contributed by atoms with van der Waals surface area (Å²) in [4.78, 5) is 27.8. The predicted molar refractivity (Wildman–Crippen MR) is 97.0 cm³/mol. The monoisotopic (exact) mass is 340 g/mol. The van der Waals surface area contributed by atoms with E-state index < -0.39 is 0 Å². The van der Waals surface area contributed by atoms with Crippen LogP contribution in [0, 0.1) is 6.92 Å². The van der Waals surface area contributed by atoms with E-state index in [2.05, 4.69) is 23.5 Å². The van der Waals surface area contributed by atoms with Crippen molar-refractivity contribution in [3.63, 3.8) is 0 Å². The number of hydrogen-bond acceptors (Lipinski definition) is 3. The van der Waals surface area contributed by atoms with Crippen LogP contribution in [-0.2, 0) is 4.79 Å². The van der Waals surface area contributed by atoms with Gasteiger partial charge in [-0.3, -0.25) is 9.59 Å². The topological polar surface area (TPSA) is 49.4 Å². The molecule has 1 aliphatic rings. The van der Waals surface area contributed by atoms with Crippen LogP contribution in [0.5, 0.6) is 0 Å². The lowest BCUT2D eigenvalue weighted by molar-refractivity contribution is -0.129. The molecule has 124 valence electrons. The third kappa shape index (κ3) is 3.92. The van der Waals surface area contributed by atoms with Gasteiger partial charge in [0.25, 0.3) is 5.91 Å². The Morgan fingerprint density at radius 1 is 1.17 bits per heavy atom. The fourth-order valence-electron chi connectivity index (χ4n) is 2.72. The first-order valence-corrected chi connectivity index (χ1v) is 8.82. The standard InChI is InChI=1S/C19H20N2O2S/c1-14-7-8-17(24-14)19(23)20-13-18(22)21-11-9-16(10-12-21)15-5-3-2-4-6-15/h2-9H,10-13H2,1H3,(H,20,23). The Morgan fingerprint density at radius 3 is 2.58 bits per heavy atom. The smallest absolute Gasteiger partial charge is 0.261 e. The number of thiophene rings is 1. The van der Waals surface area contributed by atoms with E-state index >= 15 is 0 Å². The molecule has 0 saturated carbocycles. The van der Waals surface area contributed by atoms with Crippen LogP contribution >= 0.6 is 11.3 Å². The van der Waals surface area contributed by atoms with Crippen LogP contribution in [0.4, 0.5) is 0 Å². The second-order valence-corrected chi connectivity index (χ2v) is 7.07. The van der Waals surface area contributed by atoms with Crippen molar-refractivity contribution in [2.75, 3.05) is 19.6 Å². The van der Waals surface area contributed by atoms with E-state index in [1.165, 1.54) is 22.5 Å². The third-order valence-corrected chi connectivity index (χ3v) is 5.07. The van der Waals surface area contributed by atoms with Crippen molar-refractivity contribution in [2.45, 2.75) is 13.3 Å². The number of hydrogen-bond donors (Lipinski definition) is 1. The van der Waals surface area contributed by atoms with Gasteiger partial charge in [0, 0.05) is 18.0 Å². The minimum atomic E-state index is -0.182. The van der Waals surface area contributed by atoms with E-state index in [4.69, 9.17) is 0 Å². The van der Waals surface area contributed by atoms with Gasteiger partial charge in [-0.25, -0.2) is 0 Å². The molecular formula is C19H20N2O2S. The summed E-state index contributed by atoms with van der Waals surface area (Å²) in [5.74, 6) is -0.223. The lowest BCUT2D eigenvalue weighted by Gasteiger charge is -2.26.